The van der Waals surface area contributed by atoms with Crippen molar-refractivity contribution in [3.8, 4) is 0 Å². The number of amides is 1. The first-order valence-electron chi connectivity index (χ1n) is 7.21. The molecule has 1 aromatic heterocycles. The molecule has 1 atom stereocenters. The molecule has 23 heavy (non-hydrogen) atoms. The van der Waals surface area contributed by atoms with Crippen LogP contribution in [-0.4, -0.2) is 62.7 Å². The van der Waals surface area contributed by atoms with Gasteiger partial charge in [-0.15, -0.1) is 5.10 Å². The number of carboxylic acids is 1. The number of ether oxygens (including phenoxy) is 1. The maximum absolute atomic E-state index is 12.5. The Morgan fingerprint density at radius 3 is 2.83 bits per heavy atom. The van der Waals surface area contributed by atoms with Crippen LogP contribution >= 0.6 is 0 Å². The Morgan fingerprint density at radius 2 is 2.09 bits per heavy atom. The van der Waals surface area contributed by atoms with Crippen molar-refractivity contribution in [2.75, 3.05) is 19.8 Å². The third-order valence-electron chi connectivity index (χ3n) is 3.62. The number of benzene rings is 1. The van der Waals surface area contributed by atoms with E-state index in [9.17, 15) is 14.7 Å². The molecule has 0 bridgehead atoms. The van der Waals surface area contributed by atoms with Crippen molar-refractivity contribution < 1.29 is 19.4 Å². The van der Waals surface area contributed by atoms with E-state index in [0.29, 0.717) is 13.2 Å². The number of aromatic nitrogens is 3. The molecule has 1 N–H and O–H groups in total. The lowest BCUT2D eigenvalue weighted by atomic mass is 10.2. The molecule has 120 valence electrons. The van der Waals surface area contributed by atoms with Crippen molar-refractivity contribution in [3.05, 3.63) is 47.8 Å². The van der Waals surface area contributed by atoms with Gasteiger partial charge in [-0.05, 0) is 5.56 Å². The Hall–Kier alpha value is -2.74. The van der Waals surface area contributed by atoms with Crippen molar-refractivity contribution in [2.45, 2.75) is 12.6 Å². The summed E-state index contributed by atoms with van der Waals surface area (Å²) >= 11 is 0. The van der Waals surface area contributed by atoms with Crippen LogP contribution in [0.5, 0.6) is 0 Å². The Balaban J connectivity index is 1.74. The van der Waals surface area contributed by atoms with Gasteiger partial charge in [0, 0.05) is 6.54 Å². The smallest absolute Gasteiger partial charge is 0.328 e. The second-order valence-electron chi connectivity index (χ2n) is 5.21. The average Bonchev–Trinajstić information content (AvgIpc) is 3.03. The van der Waals surface area contributed by atoms with E-state index in [-0.39, 0.29) is 18.8 Å². The van der Waals surface area contributed by atoms with Crippen LogP contribution in [0.1, 0.15) is 16.1 Å². The maximum atomic E-state index is 12.5. The summed E-state index contributed by atoms with van der Waals surface area (Å²) in [7, 11) is 0. The summed E-state index contributed by atoms with van der Waals surface area (Å²) in [5.41, 5.74) is 1.17. The van der Waals surface area contributed by atoms with Crippen LogP contribution in [0.15, 0.2) is 36.5 Å². The maximum Gasteiger partial charge on any atom is 0.328 e. The molecule has 2 heterocycles. The number of nitrogens with zero attached hydrogens (tertiary/aromatic N) is 4. The van der Waals surface area contributed by atoms with Gasteiger partial charge in [-0.2, -0.15) is 0 Å². The first-order chi connectivity index (χ1) is 11.1. The summed E-state index contributed by atoms with van der Waals surface area (Å²) < 4.78 is 6.68. The van der Waals surface area contributed by atoms with Gasteiger partial charge < -0.3 is 14.7 Å². The Labute approximate surface area is 132 Å². The molecule has 1 aromatic carbocycles. The number of rotatable bonds is 4. The van der Waals surface area contributed by atoms with Crippen LogP contribution in [0.2, 0.25) is 0 Å². The molecule has 1 amide bonds. The molecular formula is C15H16N4O4. The van der Waals surface area contributed by atoms with E-state index < -0.39 is 17.9 Å². The van der Waals surface area contributed by atoms with Crippen molar-refractivity contribution in [2.24, 2.45) is 0 Å². The topological polar surface area (TPSA) is 97.6 Å². The van der Waals surface area contributed by atoms with Gasteiger partial charge in [-0.3, -0.25) is 4.79 Å². The number of carbonyl (C=O) groups is 2. The van der Waals surface area contributed by atoms with E-state index in [1.165, 1.54) is 11.1 Å². The molecular weight excluding hydrogens is 300 g/mol. The van der Waals surface area contributed by atoms with Crippen LogP contribution in [0, 0.1) is 0 Å². The minimum atomic E-state index is -1.09. The molecule has 1 fully saturated rings. The van der Waals surface area contributed by atoms with Crippen LogP contribution in [0.25, 0.3) is 0 Å². The van der Waals surface area contributed by atoms with Gasteiger partial charge in [0.05, 0.1) is 26.0 Å². The Morgan fingerprint density at radius 1 is 1.30 bits per heavy atom. The average molecular weight is 316 g/mol. The molecule has 2 aromatic rings. The van der Waals surface area contributed by atoms with Gasteiger partial charge in [0.15, 0.2) is 11.7 Å². The molecule has 8 nitrogen and oxygen atoms in total. The third kappa shape index (κ3) is 3.37. The summed E-state index contributed by atoms with van der Waals surface area (Å²) in [5.74, 6) is -1.53. The lowest BCUT2D eigenvalue weighted by molar-refractivity contribution is -0.147. The Bertz CT molecular complexity index is 701. The zero-order chi connectivity index (χ0) is 16.2. The van der Waals surface area contributed by atoms with Crippen molar-refractivity contribution in [1.29, 1.82) is 0 Å². The summed E-state index contributed by atoms with van der Waals surface area (Å²) in [6.07, 6.45) is 1.53. The molecule has 0 spiro atoms. The van der Waals surface area contributed by atoms with Crippen molar-refractivity contribution in [3.63, 3.8) is 0 Å². The fraction of sp³-hybridized carbons (Fsp3) is 0.333. The van der Waals surface area contributed by atoms with Crippen molar-refractivity contribution >= 4 is 11.9 Å². The molecule has 8 heteroatoms. The number of carboxylic acid groups (broad SMARTS) is 1. The van der Waals surface area contributed by atoms with Crippen LogP contribution in [-0.2, 0) is 16.1 Å². The highest BCUT2D eigenvalue weighted by atomic mass is 16.5. The van der Waals surface area contributed by atoms with Crippen LogP contribution < -0.4 is 0 Å². The van der Waals surface area contributed by atoms with E-state index in [4.69, 9.17) is 4.74 Å². The van der Waals surface area contributed by atoms with Gasteiger partial charge in [0.2, 0.25) is 0 Å². The monoisotopic (exact) mass is 316 g/mol. The van der Waals surface area contributed by atoms with Crippen LogP contribution in [0.3, 0.4) is 0 Å². The third-order valence-corrected chi connectivity index (χ3v) is 3.62. The number of hydrogen-bond acceptors (Lipinski definition) is 5. The highest BCUT2D eigenvalue weighted by Gasteiger charge is 2.34. The summed E-state index contributed by atoms with van der Waals surface area (Å²) in [6.45, 7) is 1.01. The van der Waals surface area contributed by atoms with E-state index in [1.807, 2.05) is 30.3 Å². The van der Waals surface area contributed by atoms with E-state index in [1.54, 1.807) is 4.68 Å². The SMILES string of the molecule is O=C(O)[C@H]1COCCN1C(=O)c1cn(Cc2ccccc2)nn1. The largest absolute Gasteiger partial charge is 0.480 e. The molecule has 0 radical (unpaired) electrons. The molecule has 0 aliphatic carbocycles. The van der Waals surface area contributed by atoms with Gasteiger partial charge in [-0.25, -0.2) is 9.48 Å². The van der Waals surface area contributed by atoms with E-state index in [0.717, 1.165) is 5.56 Å². The molecule has 1 saturated heterocycles. The predicted molar refractivity (Wildman–Crippen MR) is 78.8 cm³/mol. The summed E-state index contributed by atoms with van der Waals surface area (Å²) in [5, 5.41) is 17.0. The minimum absolute atomic E-state index is 0.0147. The molecule has 1 aliphatic rings. The number of morpholine rings is 1. The first-order valence-corrected chi connectivity index (χ1v) is 7.21. The van der Waals surface area contributed by atoms with Gasteiger partial charge in [0.1, 0.15) is 0 Å². The summed E-state index contributed by atoms with van der Waals surface area (Å²) in [6, 6.07) is 8.67. The molecule has 3 rings (SSSR count). The predicted octanol–water partition coefficient (Wildman–Crippen LogP) is 0.252. The summed E-state index contributed by atoms with van der Waals surface area (Å²) in [4.78, 5) is 25.0. The molecule has 0 saturated carbocycles. The van der Waals surface area contributed by atoms with Crippen molar-refractivity contribution in [1.82, 2.24) is 19.9 Å². The quantitative estimate of drug-likeness (QED) is 0.868. The standard InChI is InChI=1S/C15H16N4O4/c20-14(19-6-7-23-10-13(19)15(21)22)12-9-18(17-16-12)8-11-4-2-1-3-5-11/h1-5,9,13H,6-8,10H2,(H,21,22)/t13-/m1/s1. The highest BCUT2D eigenvalue weighted by molar-refractivity contribution is 5.94. The second kappa shape index (κ2) is 6.57. The lowest BCUT2D eigenvalue weighted by Crippen LogP contribution is -2.52. The normalized spacial score (nSPS) is 17.9. The molecule has 0 unspecified atom stereocenters. The minimum Gasteiger partial charge on any atom is -0.480 e. The lowest BCUT2D eigenvalue weighted by Gasteiger charge is -2.32. The zero-order valence-electron chi connectivity index (χ0n) is 12.3. The molecule has 1 aliphatic heterocycles. The number of hydrogen-bond donors (Lipinski definition) is 1. The van der Waals surface area contributed by atoms with E-state index >= 15 is 0 Å². The zero-order valence-corrected chi connectivity index (χ0v) is 12.3. The van der Waals surface area contributed by atoms with Gasteiger partial charge >= 0.3 is 5.97 Å². The van der Waals surface area contributed by atoms with E-state index in [2.05, 4.69) is 10.3 Å². The van der Waals surface area contributed by atoms with Gasteiger partial charge in [0.25, 0.3) is 5.91 Å². The number of aliphatic carboxylic acids is 1. The fourth-order valence-electron chi connectivity index (χ4n) is 2.44. The first kappa shape index (κ1) is 15.2. The highest BCUT2D eigenvalue weighted by Crippen LogP contribution is 2.12. The fourth-order valence-corrected chi connectivity index (χ4v) is 2.44. The van der Waals surface area contributed by atoms with Crippen LogP contribution in [0.4, 0.5) is 0 Å². The Kier molecular flexibility index (Phi) is 4.33. The number of carbonyl (C=O) groups excluding carboxylic acids is 1. The van der Waals surface area contributed by atoms with Gasteiger partial charge in [-0.1, -0.05) is 35.5 Å². The second-order valence-corrected chi connectivity index (χ2v) is 5.21.